The van der Waals surface area contributed by atoms with Crippen LogP contribution in [0.25, 0.3) is 0 Å². The number of carbonyl (C=O) groups is 1. The van der Waals surface area contributed by atoms with Gasteiger partial charge in [0.15, 0.2) is 0 Å². The number of nitrogens with zero attached hydrogens (tertiary/aromatic N) is 2. The summed E-state index contributed by atoms with van der Waals surface area (Å²) in [6, 6.07) is 11.0. The molecule has 1 aromatic carbocycles. The molecule has 1 aliphatic carbocycles. The molecule has 1 saturated heterocycles. The summed E-state index contributed by atoms with van der Waals surface area (Å²) in [6.45, 7) is 8.24. The predicted molar refractivity (Wildman–Crippen MR) is 85.3 cm³/mol. The largest absolute Gasteiger partial charge is 0.339 e. The third kappa shape index (κ3) is 2.59. The van der Waals surface area contributed by atoms with Crippen LogP contribution in [0.4, 0.5) is 0 Å². The molecule has 0 N–H and O–H groups in total. The lowest BCUT2D eigenvalue weighted by molar-refractivity contribution is -0.143. The summed E-state index contributed by atoms with van der Waals surface area (Å²) < 4.78 is 0. The first-order chi connectivity index (χ1) is 10.1. The van der Waals surface area contributed by atoms with Gasteiger partial charge in [-0.15, -0.1) is 0 Å². The molecule has 21 heavy (non-hydrogen) atoms. The third-order valence-corrected chi connectivity index (χ3v) is 5.27. The first-order valence-corrected chi connectivity index (χ1v) is 8.22. The van der Waals surface area contributed by atoms with Crippen molar-refractivity contribution in [2.75, 3.05) is 26.2 Å². The van der Waals surface area contributed by atoms with Crippen molar-refractivity contribution < 1.29 is 4.79 Å². The van der Waals surface area contributed by atoms with E-state index in [-0.39, 0.29) is 5.41 Å². The van der Waals surface area contributed by atoms with E-state index in [1.54, 1.807) is 0 Å². The van der Waals surface area contributed by atoms with Crippen molar-refractivity contribution in [1.29, 1.82) is 0 Å². The molecule has 0 bridgehead atoms. The van der Waals surface area contributed by atoms with Crippen LogP contribution in [0, 0.1) is 0 Å². The van der Waals surface area contributed by atoms with Crippen molar-refractivity contribution in [3.8, 4) is 0 Å². The van der Waals surface area contributed by atoms with E-state index in [0.717, 1.165) is 39.0 Å². The van der Waals surface area contributed by atoms with E-state index in [9.17, 15) is 4.79 Å². The van der Waals surface area contributed by atoms with Crippen molar-refractivity contribution in [3.63, 3.8) is 0 Å². The summed E-state index contributed by atoms with van der Waals surface area (Å²) >= 11 is 0. The molecule has 0 aromatic heterocycles. The average Bonchev–Trinajstić information content (AvgIpc) is 2.47. The lowest BCUT2D eigenvalue weighted by Gasteiger charge is -2.46. The average molecular weight is 286 g/mol. The number of hydrogen-bond donors (Lipinski definition) is 0. The molecular formula is C18H26N2O. The van der Waals surface area contributed by atoms with E-state index in [1.807, 2.05) is 6.07 Å². The summed E-state index contributed by atoms with van der Waals surface area (Å²) in [6.07, 6.45) is 3.20. The van der Waals surface area contributed by atoms with E-state index in [1.165, 1.54) is 12.0 Å². The SMILES string of the molecule is CC(C)N1CCN(C(=O)C2(c3ccccc3)CCC2)CC1. The van der Waals surface area contributed by atoms with Gasteiger partial charge in [0.1, 0.15) is 0 Å². The zero-order valence-electron chi connectivity index (χ0n) is 13.2. The Morgan fingerprint density at radius 1 is 1.05 bits per heavy atom. The number of carbonyl (C=O) groups excluding carboxylic acids is 1. The minimum Gasteiger partial charge on any atom is -0.339 e. The maximum Gasteiger partial charge on any atom is 0.233 e. The minimum atomic E-state index is -0.221. The fourth-order valence-electron chi connectivity index (χ4n) is 3.66. The summed E-state index contributed by atoms with van der Waals surface area (Å²) in [5.74, 6) is 0.364. The molecule has 1 aromatic rings. The van der Waals surface area contributed by atoms with Crippen LogP contribution < -0.4 is 0 Å². The monoisotopic (exact) mass is 286 g/mol. The fraction of sp³-hybridized carbons (Fsp3) is 0.611. The Labute approximate surface area is 127 Å². The summed E-state index contributed by atoms with van der Waals surface area (Å²) in [5.41, 5.74) is 0.994. The van der Waals surface area contributed by atoms with Gasteiger partial charge in [0, 0.05) is 32.2 Å². The topological polar surface area (TPSA) is 23.6 Å². The van der Waals surface area contributed by atoms with Crippen molar-refractivity contribution in [3.05, 3.63) is 35.9 Å². The lowest BCUT2D eigenvalue weighted by atomic mass is 9.63. The molecule has 114 valence electrons. The Hall–Kier alpha value is -1.35. The summed E-state index contributed by atoms with van der Waals surface area (Å²) in [5, 5.41) is 0. The van der Waals surface area contributed by atoms with Crippen molar-refractivity contribution in [2.24, 2.45) is 0 Å². The van der Waals surface area contributed by atoms with Crippen LogP contribution in [0.2, 0.25) is 0 Å². The Morgan fingerprint density at radius 3 is 2.14 bits per heavy atom. The Bertz CT molecular complexity index is 485. The van der Waals surface area contributed by atoms with Crippen LogP contribution in [-0.2, 0) is 10.2 Å². The van der Waals surface area contributed by atoms with E-state index >= 15 is 0 Å². The van der Waals surface area contributed by atoms with Crippen LogP contribution in [-0.4, -0.2) is 47.9 Å². The molecule has 3 rings (SSSR count). The van der Waals surface area contributed by atoms with Gasteiger partial charge in [0.25, 0.3) is 0 Å². The van der Waals surface area contributed by atoms with Gasteiger partial charge in [-0.25, -0.2) is 0 Å². The zero-order valence-corrected chi connectivity index (χ0v) is 13.2. The van der Waals surface area contributed by atoms with Crippen LogP contribution >= 0.6 is 0 Å². The van der Waals surface area contributed by atoms with Crippen molar-refractivity contribution in [2.45, 2.75) is 44.6 Å². The molecule has 1 aliphatic heterocycles. The van der Waals surface area contributed by atoms with Crippen molar-refractivity contribution >= 4 is 5.91 Å². The molecular weight excluding hydrogens is 260 g/mol. The van der Waals surface area contributed by atoms with Crippen LogP contribution in [0.15, 0.2) is 30.3 Å². The first-order valence-electron chi connectivity index (χ1n) is 8.22. The maximum absolute atomic E-state index is 13.1. The fourth-order valence-corrected chi connectivity index (χ4v) is 3.66. The summed E-state index contributed by atoms with van der Waals surface area (Å²) in [4.78, 5) is 17.6. The van der Waals surface area contributed by atoms with E-state index in [0.29, 0.717) is 11.9 Å². The highest BCUT2D eigenvalue weighted by atomic mass is 16.2. The zero-order chi connectivity index (χ0) is 14.9. The second kappa shape index (κ2) is 5.80. The first kappa shape index (κ1) is 14.6. The quantitative estimate of drug-likeness (QED) is 0.853. The van der Waals surface area contributed by atoms with Gasteiger partial charge in [0.2, 0.25) is 5.91 Å². The van der Waals surface area contributed by atoms with Crippen LogP contribution in [0.3, 0.4) is 0 Å². The third-order valence-electron chi connectivity index (χ3n) is 5.27. The maximum atomic E-state index is 13.1. The van der Waals surface area contributed by atoms with Gasteiger partial charge >= 0.3 is 0 Å². The number of amides is 1. The molecule has 2 fully saturated rings. The normalized spacial score (nSPS) is 22.1. The number of benzene rings is 1. The standard InChI is InChI=1S/C18H26N2O/c1-15(2)19-11-13-20(14-12-19)17(21)18(9-6-10-18)16-7-4-3-5-8-16/h3-5,7-8,15H,6,9-14H2,1-2H3. The van der Waals surface area contributed by atoms with Gasteiger partial charge in [-0.2, -0.15) is 0 Å². The lowest BCUT2D eigenvalue weighted by Crippen LogP contribution is -2.57. The summed E-state index contributed by atoms with van der Waals surface area (Å²) in [7, 11) is 0. The van der Waals surface area contributed by atoms with E-state index in [4.69, 9.17) is 0 Å². The molecule has 1 saturated carbocycles. The molecule has 0 atom stereocenters. The van der Waals surface area contributed by atoms with Crippen LogP contribution in [0.1, 0.15) is 38.7 Å². The Balaban J connectivity index is 1.73. The van der Waals surface area contributed by atoms with Crippen LogP contribution in [0.5, 0.6) is 0 Å². The van der Waals surface area contributed by atoms with Gasteiger partial charge < -0.3 is 4.90 Å². The molecule has 1 heterocycles. The smallest absolute Gasteiger partial charge is 0.233 e. The highest BCUT2D eigenvalue weighted by Gasteiger charge is 2.47. The number of piperazine rings is 1. The minimum absolute atomic E-state index is 0.221. The van der Waals surface area contributed by atoms with Crippen molar-refractivity contribution in [1.82, 2.24) is 9.80 Å². The second-order valence-electron chi connectivity index (χ2n) is 6.72. The Morgan fingerprint density at radius 2 is 1.67 bits per heavy atom. The second-order valence-corrected chi connectivity index (χ2v) is 6.72. The van der Waals surface area contributed by atoms with E-state index in [2.05, 4.69) is 47.9 Å². The van der Waals surface area contributed by atoms with E-state index < -0.39 is 0 Å². The molecule has 0 radical (unpaired) electrons. The molecule has 0 spiro atoms. The van der Waals surface area contributed by atoms with Gasteiger partial charge in [-0.05, 0) is 32.3 Å². The molecule has 3 nitrogen and oxygen atoms in total. The molecule has 3 heteroatoms. The molecule has 1 amide bonds. The molecule has 0 unspecified atom stereocenters. The Kier molecular flexibility index (Phi) is 4.03. The van der Waals surface area contributed by atoms with Gasteiger partial charge in [-0.3, -0.25) is 9.69 Å². The number of hydrogen-bond acceptors (Lipinski definition) is 2. The predicted octanol–water partition coefficient (Wildman–Crippen LogP) is 2.66. The molecule has 2 aliphatic rings. The highest BCUT2D eigenvalue weighted by Crippen LogP contribution is 2.45. The van der Waals surface area contributed by atoms with Gasteiger partial charge in [0.05, 0.1) is 5.41 Å². The number of rotatable bonds is 3. The van der Waals surface area contributed by atoms with Gasteiger partial charge in [-0.1, -0.05) is 36.8 Å². The highest BCUT2D eigenvalue weighted by molar-refractivity contribution is 5.89.